The lowest BCUT2D eigenvalue weighted by Gasteiger charge is -2.22. The summed E-state index contributed by atoms with van der Waals surface area (Å²) in [7, 11) is 0. The molecule has 0 aromatic carbocycles. The molecule has 3 atom stereocenters. The lowest BCUT2D eigenvalue weighted by atomic mass is 9.84. The summed E-state index contributed by atoms with van der Waals surface area (Å²) in [4.78, 5) is 0. The van der Waals surface area contributed by atoms with E-state index in [1.54, 1.807) is 0 Å². The third kappa shape index (κ3) is 149. The number of unbranched alkanes of at least 4 members (excludes halogenated alkanes) is 2. The molecule has 0 spiro atoms. The summed E-state index contributed by atoms with van der Waals surface area (Å²) in [5, 5.41) is 0. The van der Waals surface area contributed by atoms with E-state index in [0.717, 1.165) is 59.2 Å². The zero-order valence-electron chi connectivity index (χ0n) is 70.0. The molecule has 0 aliphatic heterocycles. The standard InChI is InChI=1S/12C7H16/c1-6(2)7(3,4)5;1-6(2)5-7(3)4;2*1-5-6-7(2,3)4;2*1-5-7(3,4)6-2;1-5-7(4)6(2)3;2*1-4-5-6-7(2)3;2*1-4-6-7(3)5-2;1-4-7(5-2)6-3/h6H,1-5H3;6-7H,5H2,1-4H3;4*5-6H2,1-4H3;6-7H,5H2,1-4H3;5*7H,4-6H2,1-3H3/t;;;;;;7-;;;7-;;/m......0..1../s1. The van der Waals surface area contributed by atoms with E-state index >= 15 is 0 Å². The van der Waals surface area contributed by atoms with Gasteiger partial charge < -0.3 is 0 Å². The van der Waals surface area contributed by atoms with Crippen molar-refractivity contribution < 1.29 is 0 Å². The Kier molecular flexibility index (Phi) is 103. The summed E-state index contributed by atoms with van der Waals surface area (Å²) in [6, 6.07) is 0. The summed E-state index contributed by atoms with van der Waals surface area (Å²) < 4.78 is 0. The fourth-order valence-corrected chi connectivity index (χ4v) is 6.90. The van der Waals surface area contributed by atoms with Crippen LogP contribution in [0.3, 0.4) is 0 Å². The first-order chi connectivity index (χ1) is 38.1. The average Bonchev–Trinajstić information content (AvgIpc) is 3.38. The van der Waals surface area contributed by atoms with Gasteiger partial charge in [-0.3, -0.25) is 0 Å². The van der Waals surface area contributed by atoms with Crippen LogP contribution in [0.5, 0.6) is 0 Å². The molecule has 0 saturated heterocycles. The lowest BCUT2D eigenvalue weighted by Crippen LogP contribution is -2.12. The molecule has 0 rings (SSSR count). The van der Waals surface area contributed by atoms with Gasteiger partial charge in [-0.1, -0.05) is 446 Å². The van der Waals surface area contributed by atoms with Crippen molar-refractivity contribution in [3.8, 4) is 0 Å². The van der Waals surface area contributed by atoms with E-state index in [1.165, 1.54) is 161 Å². The highest BCUT2D eigenvalue weighted by Crippen LogP contribution is 2.25. The highest BCUT2D eigenvalue weighted by atomic mass is 14.2. The minimum atomic E-state index is 0.500. The Hall–Kier alpha value is 0. The molecule has 0 bridgehead atoms. The molecule has 0 nitrogen and oxygen atoms in total. The highest BCUT2D eigenvalue weighted by molar-refractivity contribution is 4.65. The van der Waals surface area contributed by atoms with Crippen molar-refractivity contribution in [3.05, 3.63) is 0 Å². The molecule has 0 heterocycles. The van der Waals surface area contributed by atoms with E-state index in [9.17, 15) is 0 Å². The van der Waals surface area contributed by atoms with E-state index in [4.69, 9.17) is 0 Å². The first-order valence-corrected chi connectivity index (χ1v) is 38.1. The van der Waals surface area contributed by atoms with Crippen LogP contribution in [0.4, 0.5) is 0 Å². The molecule has 84 heavy (non-hydrogen) atoms. The van der Waals surface area contributed by atoms with Crippen molar-refractivity contribution in [2.24, 2.45) is 86.3 Å². The van der Waals surface area contributed by atoms with Crippen molar-refractivity contribution >= 4 is 0 Å². The summed E-state index contributed by atoms with van der Waals surface area (Å²) >= 11 is 0. The third-order valence-electron chi connectivity index (χ3n) is 17.2. The van der Waals surface area contributed by atoms with Gasteiger partial charge >= 0.3 is 0 Å². The minimum absolute atomic E-state index is 0.500. The van der Waals surface area contributed by atoms with Crippen molar-refractivity contribution in [2.75, 3.05) is 0 Å². The van der Waals surface area contributed by atoms with Crippen molar-refractivity contribution in [3.63, 3.8) is 0 Å². The molecule has 528 valence electrons. The predicted octanol–water partition coefficient (Wildman–Crippen LogP) is 33.6. The average molecular weight is 1200 g/mol. The van der Waals surface area contributed by atoms with Crippen molar-refractivity contribution in [2.45, 2.75) is 465 Å². The fraction of sp³-hybridized carbons (Fsp3) is 1.00. The summed E-state index contributed by atoms with van der Waals surface area (Å²) in [6.07, 6.45) is 33.7. The van der Waals surface area contributed by atoms with E-state index in [0.29, 0.717) is 27.1 Å². The normalized spacial score (nSPS) is 12.2. The van der Waals surface area contributed by atoms with E-state index in [1.807, 2.05) is 0 Å². The van der Waals surface area contributed by atoms with Gasteiger partial charge in [-0.2, -0.15) is 0 Å². The molecule has 1 unspecified atom stereocenters. The first kappa shape index (κ1) is 112. The van der Waals surface area contributed by atoms with E-state index in [-0.39, 0.29) is 0 Å². The topological polar surface area (TPSA) is 0 Å². The summed E-state index contributed by atoms with van der Waals surface area (Å²) in [5.74, 6) is 9.01. The van der Waals surface area contributed by atoms with Crippen LogP contribution in [-0.2, 0) is 0 Å². The van der Waals surface area contributed by atoms with Crippen LogP contribution in [0.2, 0.25) is 0 Å². The van der Waals surface area contributed by atoms with Gasteiger partial charge in [0.25, 0.3) is 0 Å². The summed E-state index contributed by atoms with van der Waals surface area (Å²) in [6.45, 7) is 99.6. The highest BCUT2D eigenvalue weighted by Gasteiger charge is 2.14. The molecule has 0 saturated carbocycles. The van der Waals surface area contributed by atoms with Crippen LogP contribution in [0.25, 0.3) is 0 Å². The predicted molar refractivity (Wildman–Crippen MR) is 412 cm³/mol. The SMILES string of the molecule is CC(C)C(C)(C)C.CC(C)CC(C)C.CCC(C)(C)CC.CCC(C)(C)CC.CCC(CC)CC.CCCC(C)(C)C.CCCC(C)(C)C.CCCC(C)CC.CCCCC(C)C.CCCCC(C)C.CCC[C@H](C)CC.CC[C@H](C)C(C)C. The molecule has 0 fully saturated rings. The molecule has 0 aliphatic rings. The number of rotatable bonds is 25. The second-order valence-corrected chi connectivity index (χ2v) is 33.3. The van der Waals surface area contributed by atoms with Gasteiger partial charge in [0.05, 0.1) is 0 Å². The molecule has 0 radical (unpaired) electrons. The Morgan fingerprint density at radius 1 is 0.274 bits per heavy atom. The number of hydrogen-bond acceptors (Lipinski definition) is 0. The first-order valence-electron chi connectivity index (χ1n) is 38.1. The van der Waals surface area contributed by atoms with Gasteiger partial charge in [0, 0.05) is 0 Å². The molecule has 0 amide bonds. The number of hydrogen-bond donors (Lipinski definition) is 0. The maximum Gasteiger partial charge on any atom is -0.0359 e. The van der Waals surface area contributed by atoms with E-state index < -0.39 is 0 Å². The van der Waals surface area contributed by atoms with Crippen LogP contribution < -0.4 is 0 Å². The largest absolute Gasteiger partial charge is 0.0654 e. The van der Waals surface area contributed by atoms with Gasteiger partial charge in [-0.25, -0.2) is 0 Å². The molecular weight excluding hydrogens is 1010 g/mol. The van der Waals surface area contributed by atoms with Crippen LogP contribution in [0.1, 0.15) is 465 Å². The minimum Gasteiger partial charge on any atom is -0.0654 e. The quantitative estimate of drug-likeness (QED) is 0.0855. The molecule has 0 aliphatic carbocycles. The van der Waals surface area contributed by atoms with E-state index in [2.05, 4.69) is 305 Å². The maximum absolute atomic E-state index is 2.31. The molecule has 0 aromatic heterocycles. The Labute approximate surface area is 548 Å². The Morgan fingerprint density at radius 2 is 0.524 bits per heavy atom. The second-order valence-electron chi connectivity index (χ2n) is 33.3. The molecular formula is C84H192. The summed E-state index contributed by atoms with van der Waals surface area (Å²) in [5.41, 5.74) is 2.77. The monoisotopic (exact) mass is 1200 g/mol. The Balaban J connectivity index is -0.0000000673. The molecule has 0 N–H and O–H groups in total. The maximum atomic E-state index is 2.31. The smallest absolute Gasteiger partial charge is 0.0359 e. The Bertz CT molecular complexity index is 949. The van der Waals surface area contributed by atoms with Gasteiger partial charge in [0.2, 0.25) is 0 Å². The van der Waals surface area contributed by atoms with Crippen LogP contribution in [-0.4, -0.2) is 0 Å². The second kappa shape index (κ2) is 77.2. The zero-order chi connectivity index (χ0) is 70.0. The van der Waals surface area contributed by atoms with Gasteiger partial charge in [-0.15, -0.1) is 0 Å². The van der Waals surface area contributed by atoms with Gasteiger partial charge in [0.15, 0.2) is 0 Å². The molecule has 0 heteroatoms. The lowest BCUT2D eigenvalue weighted by molar-refractivity contribution is 0.283. The van der Waals surface area contributed by atoms with Crippen LogP contribution in [0.15, 0.2) is 0 Å². The van der Waals surface area contributed by atoms with Crippen LogP contribution >= 0.6 is 0 Å². The van der Waals surface area contributed by atoms with Gasteiger partial charge in [0.1, 0.15) is 0 Å². The third-order valence-corrected chi connectivity index (χ3v) is 17.2. The van der Waals surface area contributed by atoms with Crippen molar-refractivity contribution in [1.82, 2.24) is 0 Å². The fourth-order valence-electron chi connectivity index (χ4n) is 6.90. The zero-order valence-corrected chi connectivity index (χ0v) is 70.0. The van der Waals surface area contributed by atoms with Crippen molar-refractivity contribution in [1.29, 1.82) is 0 Å². The van der Waals surface area contributed by atoms with Crippen LogP contribution in [0, 0.1) is 86.3 Å². The molecule has 0 aromatic rings. The Morgan fingerprint density at radius 3 is 0.548 bits per heavy atom. The van der Waals surface area contributed by atoms with Gasteiger partial charge in [-0.05, 0) is 106 Å².